The van der Waals surface area contributed by atoms with E-state index in [2.05, 4.69) is 71.8 Å². The standard InChI is InChI=1S/C22H28N4S/c1-4-11-26-12-5-6-19-14-18(8-10-21(19)26)15-23-25-22(27)24-20-9-7-16(2)13-17(20)3/h7-10,13-15H,4-6,11-12H2,1-3H3,(H2,24,25,27). The Bertz CT molecular complexity index is 844. The molecule has 1 aliphatic heterocycles. The summed E-state index contributed by atoms with van der Waals surface area (Å²) in [5, 5.41) is 7.98. The van der Waals surface area contributed by atoms with E-state index >= 15 is 0 Å². The maximum Gasteiger partial charge on any atom is 0.191 e. The van der Waals surface area contributed by atoms with E-state index in [1.807, 2.05) is 12.3 Å². The molecule has 0 aromatic heterocycles. The van der Waals surface area contributed by atoms with Gasteiger partial charge in [-0.05, 0) is 80.2 Å². The lowest BCUT2D eigenvalue weighted by molar-refractivity contribution is 0.681. The summed E-state index contributed by atoms with van der Waals surface area (Å²) in [6, 6.07) is 12.8. The lowest BCUT2D eigenvalue weighted by atomic mass is 9.99. The highest BCUT2D eigenvalue weighted by molar-refractivity contribution is 7.80. The van der Waals surface area contributed by atoms with Crippen LogP contribution >= 0.6 is 12.2 Å². The molecule has 0 atom stereocenters. The second kappa shape index (κ2) is 9.00. The first kappa shape index (κ1) is 19.4. The van der Waals surface area contributed by atoms with Crippen LogP contribution in [0.5, 0.6) is 0 Å². The van der Waals surface area contributed by atoms with Gasteiger partial charge in [0.15, 0.2) is 5.11 Å². The molecule has 0 saturated carbocycles. The average Bonchev–Trinajstić information content (AvgIpc) is 2.64. The number of hydrogen-bond acceptors (Lipinski definition) is 3. The van der Waals surface area contributed by atoms with Crippen LogP contribution in [0.2, 0.25) is 0 Å². The molecule has 0 spiro atoms. The normalized spacial score (nSPS) is 13.5. The van der Waals surface area contributed by atoms with Crippen molar-refractivity contribution >= 4 is 34.9 Å². The summed E-state index contributed by atoms with van der Waals surface area (Å²) in [5.74, 6) is 0. The molecule has 0 bridgehead atoms. The van der Waals surface area contributed by atoms with Gasteiger partial charge in [0.05, 0.1) is 6.21 Å². The highest BCUT2D eigenvalue weighted by Gasteiger charge is 2.15. The number of thiocarbonyl (C=S) groups is 1. The maximum absolute atomic E-state index is 5.34. The highest BCUT2D eigenvalue weighted by atomic mass is 32.1. The third kappa shape index (κ3) is 5.07. The zero-order chi connectivity index (χ0) is 19.2. The maximum atomic E-state index is 5.34. The zero-order valence-electron chi connectivity index (χ0n) is 16.4. The van der Waals surface area contributed by atoms with Gasteiger partial charge >= 0.3 is 0 Å². The van der Waals surface area contributed by atoms with Gasteiger partial charge in [-0.1, -0.05) is 30.7 Å². The smallest absolute Gasteiger partial charge is 0.191 e. The third-order valence-electron chi connectivity index (χ3n) is 4.82. The van der Waals surface area contributed by atoms with Crippen molar-refractivity contribution in [3.05, 3.63) is 58.7 Å². The van der Waals surface area contributed by atoms with Crippen molar-refractivity contribution in [1.29, 1.82) is 0 Å². The third-order valence-corrected chi connectivity index (χ3v) is 5.02. The van der Waals surface area contributed by atoms with Gasteiger partial charge in [0, 0.05) is 24.5 Å². The minimum Gasteiger partial charge on any atom is -0.371 e. The Hall–Kier alpha value is -2.40. The largest absolute Gasteiger partial charge is 0.371 e. The molecule has 2 N–H and O–H groups in total. The second-order valence-electron chi connectivity index (χ2n) is 7.12. The molecular formula is C22H28N4S. The minimum absolute atomic E-state index is 0.491. The van der Waals surface area contributed by atoms with Crippen molar-refractivity contribution < 1.29 is 0 Å². The van der Waals surface area contributed by atoms with Crippen LogP contribution in [-0.4, -0.2) is 24.4 Å². The summed E-state index contributed by atoms with van der Waals surface area (Å²) in [4.78, 5) is 2.49. The second-order valence-corrected chi connectivity index (χ2v) is 7.53. The summed E-state index contributed by atoms with van der Waals surface area (Å²) in [7, 11) is 0. The van der Waals surface area contributed by atoms with Crippen LogP contribution in [0.1, 0.15) is 42.0 Å². The van der Waals surface area contributed by atoms with Crippen molar-refractivity contribution in [2.45, 2.75) is 40.0 Å². The van der Waals surface area contributed by atoms with Gasteiger partial charge in [-0.2, -0.15) is 5.10 Å². The van der Waals surface area contributed by atoms with Crippen molar-refractivity contribution in [3.8, 4) is 0 Å². The Balaban J connectivity index is 1.60. The van der Waals surface area contributed by atoms with Crippen LogP contribution in [0, 0.1) is 13.8 Å². The molecule has 4 nitrogen and oxygen atoms in total. The first-order valence-electron chi connectivity index (χ1n) is 9.62. The predicted molar refractivity (Wildman–Crippen MR) is 120 cm³/mol. The van der Waals surface area contributed by atoms with Crippen LogP contribution in [0.3, 0.4) is 0 Å². The Morgan fingerprint density at radius 2 is 2.07 bits per heavy atom. The highest BCUT2D eigenvalue weighted by Crippen LogP contribution is 2.27. The summed E-state index contributed by atoms with van der Waals surface area (Å²) in [5.41, 5.74) is 10.2. The van der Waals surface area contributed by atoms with Crippen molar-refractivity contribution in [3.63, 3.8) is 0 Å². The van der Waals surface area contributed by atoms with Crippen molar-refractivity contribution in [1.82, 2.24) is 5.43 Å². The van der Waals surface area contributed by atoms with E-state index in [0.717, 1.165) is 36.3 Å². The van der Waals surface area contributed by atoms with Gasteiger partial charge in [-0.3, -0.25) is 5.43 Å². The van der Waals surface area contributed by atoms with Crippen molar-refractivity contribution in [2.75, 3.05) is 23.3 Å². The number of hydrazone groups is 1. The van der Waals surface area contributed by atoms with Crippen molar-refractivity contribution in [2.24, 2.45) is 5.10 Å². The molecule has 1 heterocycles. The number of nitrogens with zero attached hydrogens (tertiary/aromatic N) is 2. The predicted octanol–water partition coefficient (Wildman–Crippen LogP) is 4.79. The van der Waals surface area contributed by atoms with Crippen LogP contribution in [0.25, 0.3) is 0 Å². The lowest BCUT2D eigenvalue weighted by Crippen LogP contribution is -2.30. The fraction of sp³-hybridized carbons (Fsp3) is 0.364. The van der Waals surface area contributed by atoms with E-state index < -0.39 is 0 Å². The van der Waals surface area contributed by atoms with Gasteiger partial charge < -0.3 is 10.2 Å². The number of anilines is 2. The van der Waals surface area contributed by atoms with Gasteiger partial charge in [-0.25, -0.2) is 0 Å². The molecule has 0 saturated heterocycles. The molecule has 142 valence electrons. The summed E-state index contributed by atoms with van der Waals surface area (Å²) in [6.07, 6.45) is 5.36. The first-order valence-corrected chi connectivity index (χ1v) is 10.0. The molecule has 0 amide bonds. The molecule has 0 unspecified atom stereocenters. The zero-order valence-corrected chi connectivity index (χ0v) is 17.2. The van der Waals surface area contributed by atoms with Crippen LogP contribution in [0.4, 0.5) is 11.4 Å². The molecule has 0 aliphatic carbocycles. The number of hydrogen-bond donors (Lipinski definition) is 2. The molecule has 2 aromatic carbocycles. The minimum atomic E-state index is 0.491. The quantitative estimate of drug-likeness (QED) is 0.445. The average molecular weight is 381 g/mol. The first-order chi connectivity index (χ1) is 13.1. The number of rotatable bonds is 5. The Morgan fingerprint density at radius 1 is 1.22 bits per heavy atom. The monoisotopic (exact) mass is 380 g/mol. The van der Waals surface area contributed by atoms with Gasteiger partial charge in [0.2, 0.25) is 0 Å². The van der Waals surface area contributed by atoms with Crippen LogP contribution in [0.15, 0.2) is 41.5 Å². The summed E-state index contributed by atoms with van der Waals surface area (Å²) < 4.78 is 0. The Labute approximate surface area is 167 Å². The fourth-order valence-electron chi connectivity index (χ4n) is 3.55. The van der Waals surface area contributed by atoms with Crippen LogP contribution in [-0.2, 0) is 6.42 Å². The SMILES string of the molecule is CCCN1CCCc2cc(C=NNC(=S)Nc3ccc(C)cc3C)ccc21. The molecule has 0 fully saturated rings. The van der Waals surface area contributed by atoms with E-state index in [9.17, 15) is 0 Å². The number of nitrogens with one attached hydrogen (secondary N) is 2. The lowest BCUT2D eigenvalue weighted by Gasteiger charge is -2.31. The van der Waals surface area contributed by atoms with E-state index in [1.54, 1.807) is 0 Å². The number of benzene rings is 2. The molecule has 27 heavy (non-hydrogen) atoms. The number of aryl methyl sites for hydroxylation is 3. The molecule has 1 aliphatic rings. The molecule has 5 heteroatoms. The Kier molecular flexibility index (Phi) is 6.45. The summed E-state index contributed by atoms with van der Waals surface area (Å²) in [6.45, 7) is 8.67. The van der Waals surface area contributed by atoms with Gasteiger partial charge in [0.25, 0.3) is 0 Å². The Morgan fingerprint density at radius 3 is 2.85 bits per heavy atom. The van der Waals surface area contributed by atoms with E-state index in [-0.39, 0.29) is 0 Å². The van der Waals surface area contributed by atoms with Gasteiger partial charge in [0.1, 0.15) is 0 Å². The van der Waals surface area contributed by atoms with E-state index in [1.165, 1.54) is 29.7 Å². The molecular weight excluding hydrogens is 352 g/mol. The van der Waals surface area contributed by atoms with E-state index in [4.69, 9.17) is 12.2 Å². The fourth-order valence-corrected chi connectivity index (χ4v) is 3.71. The van der Waals surface area contributed by atoms with Gasteiger partial charge in [-0.15, -0.1) is 0 Å². The van der Waals surface area contributed by atoms with Crippen LogP contribution < -0.4 is 15.6 Å². The summed E-state index contributed by atoms with van der Waals surface area (Å²) >= 11 is 5.34. The number of fused-ring (bicyclic) bond motifs is 1. The molecule has 2 aromatic rings. The topological polar surface area (TPSA) is 39.7 Å². The molecule has 3 rings (SSSR count). The molecule has 0 radical (unpaired) electrons. The van der Waals surface area contributed by atoms with E-state index in [0.29, 0.717) is 5.11 Å².